The van der Waals surface area contributed by atoms with Crippen molar-refractivity contribution in [2.24, 2.45) is 11.7 Å². The Bertz CT molecular complexity index is 197. The van der Waals surface area contributed by atoms with E-state index in [1.807, 2.05) is 0 Å². The van der Waals surface area contributed by atoms with Gasteiger partial charge in [-0.05, 0) is 43.3 Å². The summed E-state index contributed by atoms with van der Waals surface area (Å²) >= 11 is 0. The van der Waals surface area contributed by atoms with Gasteiger partial charge in [0.05, 0.1) is 0 Å². The minimum atomic E-state index is 0.718. The number of hydrogen-bond acceptors (Lipinski definition) is 1. The molecule has 68 valence electrons. The molecule has 0 aromatic carbocycles. The third kappa shape index (κ3) is 1.90. The molecule has 1 aliphatic carbocycles. The third-order valence-corrected chi connectivity index (χ3v) is 2.73. The highest BCUT2D eigenvalue weighted by atomic mass is 14.6. The fourth-order valence-corrected chi connectivity index (χ4v) is 1.92. The zero-order valence-corrected chi connectivity index (χ0v) is 8.14. The van der Waals surface area contributed by atoms with Crippen molar-refractivity contribution < 1.29 is 0 Å². The summed E-state index contributed by atoms with van der Waals surface area (Å²) in [5.41, 5.74) is 8.44. The molecule has 0 radical (unpaired) electrons. The van der Waals surface area contributed by atoms with Crippen LogP contribution in [0.15, 0.2) is 23.4 Å². The second kappa shape index (κ2) is 4.34. The normalized spacial score (nSPS) is 17.6. The molecule has 2 N–H and O–H groups in total. The molecule has 0 fully saturated rings. The van der Waals surface area contributed by atoms with Gasteiger partial charge in [-0.15, -0.1) is 0 Å². The van der Waals surface area contributed by atoms with Gasteiger partial charge in [0, 0.05) is 5.70 Å². The van der Waals surface area contributed by atoms with Crippen LogP contribution in [-0.4, -0.2) is 0 Å². The summed E-state index contributed by atoms with van der Waals surface area (Å²) in [7, 11) is 0. The van der Waals surface area contributed by atoms with Crippen LogP contribution in [-0.2, 0) is 0 Å². The summed E-state index contributed by atoms with van der Waals surface area (Å²) in [5.74, 6) is 0.718. The van der Waals surface area contributed by atoms with E-state index in [0.717, 1.165) is 11.6 Å². The summed E-state index contributed by atoms with van der Waals surface area (Å²) in [6.45, 7) is 4.49. The molecule has 12 heavy (non-hydrogen) atoms. The quantitative estimate of drug-likeness (QED) is 0.683. The van der Waals surface area contributed by atoms with Gasteiger partial charge in [0.1, 0.15) is 0 Å². The standard InChI is InChI=1S/C11H19N/c1-3-9(4-2)10-7-5-6-8-11(10)12/h6,8-9H,3-5,7,12H2,1-2H3. The highest BCUT2D eigenvalue weighted by molar-refractivity contribution is 5.28. The van der Waals surface area contributed by atoms with Crippen LogP contribution in [0.4, 0.5) is 0 Å². The Kier molecular flexibility index (Phi) is 3.39. The van der Waals surface area contributed by atoms with E-state index in [-0.39, 0.29) is 0 Å². The van der Waals surface area contributed by atoms with Crippen LogP contribution in [0.5, 0.6) is 0 Å². The van der Waals surface area contributed by atoms with Gasteiger partial charge in [-0.2, -0.15) is 0 Å². The molecule has 0 atom stereocenters. The lowest BCUT2D eigenvalue weighted by molar-refractivity contribution is 0.543. The number of nitrogens with two attached hydrogens (primary N) is 1. The van der Waals surface area contributed by atoms with Gasteiger partial charge in [0.25, 0.3) is 0 Å². The van der Waals surface area contributed by atoms with Crippen molar-refractivity contribution in [2.45, 2.75) is 39.5 Å². The Labute approximate surface area is 75.3 Å². The number of allylic oxidation sites excluding steroid dienone is 3. The first kappa shape index (κ1) is 9.37. The van der Waals surface area contributed by atoms with Crippen LogP contribution in [0.2, 0.25) is 0 Å². The first-order valence-electron chi connectivity index (χ1n) is 4.94. The Balaban J connectivity index is 2.76. The SMILES string of the molecule is CCC(CC)C1=C(N)C=CCC1. The maximum atomic E-state index is 5.92. The van der Waals surface area contributed by atoms with E-state index in [0.29, 0.717) is 0 Å². The van der Waals surface area contributed by atoms with E-state index >= 15 is 0 Å². The van der Waals surface area contributed by atoms with Crippen molar-refractivity contribution in [1.29, 1.82) is 0 Å². The van der Waals surface area contributed by atoms with Gasteiger partial charge in [0.15, 0.2) is 0 Å². The molecular formula is C11H19N. The summed E-state index contributed by atoms with van der Waals surface area (Å²) < 4.78 is 0. The molecule has 1 heteroatoms. The molecule has 1 aliphatic rings. The van der Waals surface area contributed by atoms with E-state index in [4.69, 9.17) is 5.73 Å². The second-order valence-electron chi connectivity index (χ2n) is 3.44. The van der Waals surface area contributed by atoms with Crippen LogP contribution in [0.3, 0.4) is 0 Å². The summed E-state index contributed by atoms with van der Waals surface area (Å²) in [6, 6.07) is 0. The maximum absolute atomic E-state index is 5.92. The molecule has 0 aliphatic heterocycles. The van der Waals surface area contributed by atoms with Crippen molar-refractivity contribution in [3.63, 3.8) is 0 Å². The van der Waals surface area contributed by atoms with Crippen molar-refractivity contribution in [2.75, 3.05) is 0 Å². The summed E-state index contributed by atoms with van der Waals surface area (Å²) in [5, 5.41) is 0. The van der Waals surface area contributed by atoms with Gasteiger partial charge < -0.3 is 5.73 Å². The van der Waals surface area contributed by atoms with E-state index in [1.165, 1.54) is 31.3 Å². The molecule has 0 amide bonds. The minimum Gasteiger partial charge on any atom is -0.399 e. The molecule has 0 saturated heterocycles. The molecular weight excluding hydrogens is 146 g/mol. The number of hydrogen-bond donors (Lipinski definition) is 1. The molecule has 1 nitrogen and oxygen atoms in total. The predicted octanol–water partition coefficient (Wildman–Crippen LogP) is 2.99. The van der Waals surface area contributed by atoms with E-state index in [9.17, 15) is 0 Å². The fourth-order valence-electron chi connectivity index (χ4n) is 1.92. The Morgan fingerprint density at radius 2 is 2.08 bits per heavy atom. The molecule has 0 aromatic heterocycles. The van der Waals surface area contributed by atoms with Crippen LogP contribution in [0, 0.1) is 5.92 Å². The summed E-state index contributed by atoms with van der Waals surface area (Å²) in [4.78, 5) is 0. The van der Waals surface area contributed by atoms with Crippen molar-refractivity contribution in [1.82, 2.24) is 0 Å². The van der Waals surface area contributed by atoms with Crippen LogP contribution in [0.25, 0.3) is 0 Å². The molecule has 0 spiro atoms. The Morgan fingerprint density at radius 3 is 2.58 bits per heavy atom. The lowest BCUT2D eigenvalue weighted by Gasteiger charge is -2.20. The number of rotatable bonds is 3. The van der Waals surface area contributed by atoms with Gasteiger partial charge in [-0.3, -0.25) is 0 Å². The summed E-state index contributed by atoms with van der Waals surface area (Å²) in [6.07, 6.45) is 9.03. The molecule has 0 saturated carbocycles. The van der Waals surface area contributed by atoms with Gasteiger partial charge in [-0.25, -0.2) is 0 Å². The lowest BCUT2D eigenvalue weighted by atomic mass is 9.87. The van der Waals surface area contributed by atoms with E-state index in [1.54, 1.807) is 0 Å². The smallest absolute Gasteiger partial charge is 0.0305 e. The average Bonchev–Trinajstić information content (AvgIpc) is 2.10. The highest BCUT2D eigenvalue weighted by Crippen LogP contribution is 2.27. The van der Waals surface area contributed by atoms with Crippen LogP contribution < -0.4 is 5.73 Å². The Morgan fingerprint density at radius 1 is 1.42 bits per heavy atom. The maximum Gasteiger partial charge on any atom is 0.0305 e. The van der Waals surface area contributed by atoms with E-state index < -0.39 is 0 Å². The Hall–Kier alpha value is -0.720. The lowest BCUT2D eigenvalue weighted by Crippen LogP contribution is -2.11. The second-order valence-corrected chi connectivity index (χ2v) is 3.44. The average molecular weight is 165 g/mol. The monoisotopic (exact) mass is 165 g/mol. The first-order chi connectivity index (χ1) is 5.79. The van der Waals surface area contributed by atoms with E-state index in [2.05, 4.69) is 26.0 Å². The van der Waals surface area contributed by atoms with Crippen LogP contribution >= 0.6 is 0 Å². The van der Waals surface area contributed by atoms with Gasteiger partial charge >= 0.3 is 0 Å². The third-order valence-electron chi connectivity index (χ3n) is 2.73. The molecule has 0 heterocycles. The molecule has 0 unspecified atom stereocenters. The topological polar surface area (TPSA) is 26.0 Å². The zero-order chi connectivity index (χ0) is 8.97. The molecule has 0 bridgehead atoms. The molecule has 0 aromatic rings. The predicted molar refractivity (Wildman–Crippen MR) is 53.7 cm³/mol. The minimum absolute atomic E-state index is 0.718. The van der Waals surface area contributed by atoms with Crippen molar-refractivity contribution >= 4 is 0 Å². The van der Waals surface area contributed by atoms with Crippen molar-refractivity contribution in [3.8, 4) is 0 Å². The molecule has 1 rings (SSSR count). The fraction of sp³-hybridized carbons (Fsp3) is 0.636. The van der Waals surface area contributed by atoms with Gasteiger partial charge in [-0.1, -0.05) is 19.9 Å². The van der Waals surface area contributed by atoms with Gasteiger partial charge in [0.2, 0.25) is 0 Å². The first-order valence-corrected chi connectivity index (χ1v) is 4.94. The van der Waals surface area contributed by atoms with Crippen LogP contribution in [0.1, 0.15) is 39.5 Å². The zero-order valence-electron chi connectivity index (χ0n) is 8.14. The van der Waals surface area contributed by atoms with Crippen molar-refractivity contribution in [3.05, 3.63) is 23.4 Å². The largest absolute Gasteiger partial charge is 0.399 e. The highest BCUT2D eigenvalue weighted by Gasteiger charge is 2.13.